The number of aromatic nitrogens is 1. The van der Waals surface area contributed by atoms with Crippen LogP contribution in [0, 0.1) is 5.92 Å². The van der Waals surface area contributed by atoms with Crippen LogP contribution in [0.25, 0.3) is 0 Å². The van der Waals surface area contributed by atoms with Crippen molar-refractivity contribution in [2.75, 3.05) is 31.6 Å². The summed E-state index contributed by atoms with van der Waals surface area (Å²) < 4.78 is 13.2. The molecule has 3 aliphatic rings. The lowest BCUT2D eigenvalue weighted by Gasteiger charge is -2.43. The molecular weight excluding hydrogens is 362 g/mol. The van der Waals surface area contributed by atoms with E-state index in [1.54, 1.807) is 6.07 Å². The molecule has 1 saturated heterocycles. The van der Waals surface area contributed by atoms with Crippen LogP contribution in [0.3, 0.4) is 0 Å². The largest absolute Gasteiger partial charge is 0.486 e. The minimum Gasteiger partial charge on any atom is -0.486 e. The van der Waals surface area contributed by atoms with E-state index in [0.717, 1.165) is 48.9 Å². The van der Waals surface area contributed by atoms with Gasteiger partial charge < -0.3 is 24.3 Å². The van der Waals surface area contributed by atoms with E-state index in [2.05, 4.69) is 16.3 Å². The highest BCUT2D eigenvalue weighted by atomic mass is 32.1. The Kier molecular flexibility index (Phi) is 4.04. The number of hydrogen-bond donors (Lipinski definition) is 1. The smallest absolute Gasteiger partial charge is 0.250 e. The van der Waals surface area contributed by atoms with Gasteiger partial charge >= 0.3 is 0 Å². The van der Waals surface area contributed by atoms with Crippen molar-refractivity contribution in [3.63, 3.8) is 0 Å². The van der Waals surface area contributed by atoms with Gasteiger partial charge in [0.05, 0.1) is 0 Å². The highest BCUT2D eigenvalue weighted by Gasteiger charge is 2.35. The van der Waals surface area contributed by atoms with Crippen molar-refractivity contribution in [1.29, 1.82) is 0 Å². The molecule has 6 nitrogen and oxygen atoms in total. The summed E-state index contributed by atoms with van der Waals surface area (Å²) in [4.78, 5) is 14.4. The van der Waals surface area contributed by atoms with Crippen LogP contribution in [0.1, 0.15) is 18.0 Å². The molecule has 0 unspecified atom stereocenters. The summed E-state index contributed by atoms with van der Waals surface area (Å²) in [5.41, 5.74) is 2.13. The number of ether oxygens (including phenoxy) is 2. The van der Waals surface area contributed by atoms with E-state index >= 15 is 0 Å². The van der Waals surface area contributed by atoms with E-state index in [-0.39, 0.29) is 5.56 Å². The van der Waals surface area contributed by atoms with E-state index in [9.17, 15) is 4.79 Å². The third kappa shape index (κ3) is 3.06. The van der Waals surface area contributed by atoms with Crippen LogP contribution in [0.15, 0.2) is 41.2 Å². The Morgan fingerprint density at radius 1 is 1.07 bits per heavy atom. The molecule has 0 spiro atoms. The first kappa shape index (κ1) is 16.6. The predicted octanol–water partition coefficient (Wildman–Crippen LogP) is 2.44. The lowest BCUT2D eigenvalue weighted by atomic mass is 9.83. The molecule has 27 heavy (non-hydrogen) atoms. The molecule has 4 heterocycles. The standard InChI is InChI=1S/C20H21N3O3S/c24-19-3-1-2-16-14-8-13(11-23(16)19)10-22(12-14)20(27)21-15-4-5-17-18(9-15)26-7-6-25-17/h1-5,9,13-14H,6-8,10-12H2,(H,21,27)/t13-,14+/m0/s1. The zero-order chi connectivity index (χ0) is 18.4. The van der Waals surface area contributed by atoms with Crippen molar-refractivity contribution in [3.8, 4) is 11.5 Å². The van der Waals surface area contributed by atoms with Gasteiger partial charge in [0.1, 0.15) is 13.2 Å². The number of benzene rings is 1. The summed E-state index contributed by atoms with van der Waals surface area (Å²) in [5, 5.41) is 4.06. The molecule has 1 aromatic carbocycles. The maximum atomic E-state index is 12.2. The molecule has 2 bridgehead atoms. The van der Waals surface area contributed by atoms with Crippen LogP contribution >= 0.6 is 12.2 Å². The molecule has 3 aliphatic heterocycles. The fraction of sp³-hybridized carbons (Fsp3) is 0.400. The van der Waals surface area contributed by atoms with Crippen LogP contribution in [-0.4, -0.2) is 40.9 Å². The highest BCUT2D eigenvalue weighted by molar-refractivity contribution is 7.80. The van der Waals surface area contributed by atoms with E-state index in [1.807, 2.05) is 28.8 Å². The molecule has 0 radical (unpaired) electrons. The number of pyridine rings is 1. The Morgan fingerprint density at radius 3 is 2.81 bits per heavy atom. The van der Waals surface area contributed by atoms with E-state index in [0.29, 0.717) is 30.2 Å². The van der Waals surface area contributed by atoms with Crippen LogP contribution in [0.5, 0.6) is 11.5 Å². The molecule has 1 aromatic heterocycles. The number of anilines is 1. The van der Waals surface area contributed by atoms with Crippen molar-refractivity contribution in [3.05, 3.63) is 52.4 Å². The van der Waals surface area contributed by atoms with Gasteiger partial charge in [-0.05, 0) is 42.8 Å². The monoisotopic (exact) mass is 383 g/mol. The van der Waals surface area contributed by atoms with E-state index in [1.165, 1.54) is 0 Å². The second-order valence-electron chi connectivity index (χ2n) is 7.39. The summed E-state index contributed by atoms with van der Waals surface area (Å²) in [6.45, 7) is 3.62. The molecule has 0 aliphatic carbocycles. The van der Waals surface area contributed by atoms with E-state index < -0.39 is 0 Å². The number of nitrogens with one attached hydrogen (secondary N) is 1. The average Bonchev–Trinajstić information content (AvgIpc) is 2.68. The molecule has 1 N–H and O–H groups in total. The van der Waals surface area contributed by atoms with Crippen molar-refractivity contribution < 1.29 is 9.47 Å². The van der Waals surface area contributed by atoms with Gasteiger partial charge in [-0.1, -0.05) is 6.07 Å². The van der Waals surface area contributed by atoms with Gasteiger partial charge in [-0.15, -0.1) is 0 Å². The van der Waals surface area contributed by atoms with Gasteiger partial charge in [0, 0.05) is 49.1 Å². The molecule has 2 atom stereocenters. The Hall–Kier alpha value is -2.54. The lowest BCUT2D eigenvalue weighted by Crippen LogP contribution is -2.50. The van der Waals surface area contributed by atoms with Crippen molar-refractivity contribution in [2.24, 2.45) is 5.92 Å². The minimum atomic E-state index is 0.104. The number of fused-ring (bicyclic) bond motifs is 5. The van der Waals surface area contributed by atoms with Crippen LogP contribution in [0.2, 0.25) is 0 Å². The fourth-order valence-corrected chi connectivity index (χ4v) is 4.65. The maximum Gasteiger partial charge on any atom is 0.250 e. The summed E-state index contributed by atoms with van der Waals surface area (Å²) >= 11 is 5.69. The van der Waals surface area contributed by atoms with Crippen molar-refractivity contribution in [2.45, 2.75) is 18.9 Å². The predicted molar refractivity (Wildman–Crippen MR) is 107 cm³/mol. The summed E-state index contributed by atoms with van der Waals surface area (Å²) in [7, 11) is 0. The van der Waals surface area contributed by atoms with Gasteiger partial charge in [0.2, 0.25) is 0 Å². The Morgan fingerprint density at radius 2 is 1.93 bits per heavy atom. The Bertz CT molecular complexity index is 958. The third-order valence-electron chi connectivity index (χ3n) is 5.56. The van der Waals surface area contributed by atoms with Gasteiger partial charge in [-0.2, -0.15) is 0 Å². The van der Waals surface area contributed by atoms with Gasteiger partial charge in [0.25, 0.3) is 5.56 Å². The number of likely N-dealkylation sites (tertiary alicyclic amines) is 1. The Balaban J connectivity index is 1.33. The normalized spacial score (nSPS) is 22.7. The van der Waals surface area contributed by atoms with Crippen LogP contribution < -0.4 is 20.3 Å². The minimum absolute atomic E-state index is 0.104. The Labute approximate surface area is 162 Å². The summed E-state index contributed by atoms with van der Waals surface area (Å²) in [5.74, 6) is 2.30. The lowest BCUT2D eigenvalue weighted by molar-refractivity contribution is 0.171. The highest BCUT2D eigenvalue weighted by Crippen LogP contribution is 2.36. The molecule has 0 amide bonds. The number of piperidine rings is 1. The first-order valence-electron chi connectivity index (χ1n) is 9.33. The van der Waals surface area contributed by atoms with Gasteiger partial charge in [-0.25, -0.2) is 0 Å². The molecule has 2 aromatic rings. The topological polar surface area (TPSA) is 55.7 Å². The molecule has 1 fully saturated rings. The van der Waals surface area contributed by atoms with Crippen LogP contribution in [0.4, 0.5) is 5.69 Å². The number of hydrogen-bond acceptors (Lipinski definition) is 4. The van der Waals surface area contributed by atoms with Crippen LogP contribution in [-0.2, 0) is 6.54 Å². The first-order chi connectivity index (χ1) is 13.2. The number of nitrogens with zero attached hydrogens (tertiary/aromatic N) is 2. The second-order valence-corrected chi connectivity index (χ2v) is 7.78. The summed E-state index contributed by atoms with van der Waals surface area (Å²) in [6, 6.07) is 11.4. The van der Waals surface area contributed by atoms with Crippen molar-refractivity contribution in [1.82, 2.24) is 9.47 Å². The zero-order valence-electron chi connectivity index (χ0n) is 14.9. The fourth-order valence-electron chi connectivity index (χ4n) is 4.39. The zero-order valence-corrected chi connectivity index (χ0v) is 15.7. The molecule has 140 valence electrons. The number of rotatable bonds is 1. The SMILES string of the molecule is O=c1cccc2n1C[C@H]1C[C@@H]2CN(C(=S)Nc2ccc3c(c2)OCCO3)C1. The van der Waals surface area contributed by atoms with Gasteiger partial charge in [-0.3, -0.25) is 4.79 Å². The van der Waals surface area contributed by atoms with E-state index in [4.69, 9.17) is 21.7 Å². The average molecular weight is 383 g/mol. The van der Waals surface area contributed by atoms with Gasteiger partial charge in [0.15, 0.2) is 16.6 Å². The third-order valence-corrected chi connectivity index (χ3v) is 5.92. The van der Waals surface area contributed by atoms with Crippen molar-refractivity contribution >= 4 is 23.0 Å². The summed E-state index contributed by atoms with van der Waals surface area (Å²) in [6.07, 6.45) is 1.12. The molecule has 5 rings (SSSR count). The second kappa shape index (κ2) is 6.56. The molecule has 0 saturated carbocycles. The molecular formula is C20H21N3O3S. The quantitative estimate of drug-likeness (QED) is 0.764. The maximum absolute atomic E-state index is 12.2. The first-order valence-corrected chi connectivity index (χ1v) is 9.73. The molecule has 7 heteroatoms. The number of thiocarbonyl (C=S) groups is 1.